The normalized spacial score (nSPS) is 22.9. The molecule has 0 aromatic heterocycles. The van der Waals surface area contributed by atoms with Gasteiger partial charge in [0.15, 0.2) is 6.67 Å². The van der Waals surface area contributed by atoms with Crippen molar-refractivity contribution >= 4 is 29.2 Å². The monoisotopic (exact) mass is 413 g/mol. The smallest absolute Gasteiger partial charge is 0.329 e. The molecule has 0 saturated carbocycles. The first-order valence-corrected chi connectivity index (χ1v) is 10.3. The second kappa shape index (κ2) is 7.69. The van der Waals surface area contributed by atoms with Crippen molar-refractivity contribution in [2.24, 2.45) is 0 Å². The van der Waals surface area contributed by atoms with Crippen LogP contribution in [0.4, 0.5) is 10.5 Å². The molecule has 4 rings (SSSR count). The van der Waals surface area contributed by atoms with E-state index in [-0.39, 0.29) is 11.9 Å². The molecule has 3 amide bonds. The number of nitrogens with zero attached hydrogens (tertiary/aromatic N) is 2. The molecule has 2 fully saturated rings. The quantitative estimate of drug-likeness (QED) is 0.751. The number of imide groups is 1. The number of rotatable bonds is 4. The summed E-state index contributed by atoms with van der Waals surface area (Å²) in [5, 5.41) is 3.62. The highest BCUT2D eigenvalue weighted by Gasteiger charge is 2.50. The molecule has 2 aliphatic heterocycles. The number of halogens is 1. The van der Waals surface area contributed by atoms with E-state index < -0.39 is 5.54 Å². The zero-order valence-electron chi connectivity index (χ0n) is 16.7. The van der Waals surface area contributed by atoms with E-state index in [2.05, 4.69) is 17.1 Å². The number of hydrogen-bond acceptors (Lipinski definition) is 3. The Morgan fingerprint density at radius 2 is 1.79 bits per heavy atom. The molecule has 6 nitrogen and oxygen atoms in total. The summed E-state index contributed by atoms with van der Waals surface area (Å²) in [6.07, 6.45) is 0. The van der Waals surface area contributed by atoms with Gasteiger partial charge in [0.25, 0.3) is 5.91 Å². The van der Waals surface area contributed by atoms with E-state index in [1.54, 1.807) is 6.92 Å². The molecular weight excluding hydrogens is 388 g/mol. The van der Waals surface area contributed by atoms with E-state index in [1.807, 2.05) is 48.5 Å². The molecule has 2 aliphatic rings. The summed E-state index contributed by atoms with van der Waals surface area (Å²) in [5.74, 6) is -0.186. The summed E-state index contributed by atoms with van der Waals surface area (Å²) in [6.45, 7) is 7.66. The van der Waals surface area contributed by atoms with E-state index in [4.69, 9.17) is 11.6 Å². The van der Waals surface area contributed by atoms with Crippen LogP contribution in [-0.2, 0) is 10.3 Å². The molecule has 0 unspecified atom stereocenters. The minimum Gasteiger partial charge on any atom is -0.360 e. The Hall–Kier alpha value is -2.57. The van der Waals surface area contributed by atoms with Crippen LogP contribution in [0, 0.1) is 6.92 Å². The molecule has 0 spiro atoms. The number of carbonyl (C=O) groups excluding carboxylic acids is 2. The summed E-state index contributed by atoms with van der Waals surface area (Å²) < 4.78 is 0. The third-order valence-corrected chi connectivity index (χ3v) is 6.23. The summed E-state index contributed by atoms with van der Waals surface area (Å²) in [6, 6.07) is 15.0. The Balaban J connectivity index is 1.41. The highest BCUT2D eigenvalue weighted by atomic mass is 35.5. The number of amides is 3. The van der Waals surface area contributed by atoms with Gasteiger partial charge in [-0.15, -0.1) is 0 Å². The molecule has 2 aromatic rings. The topological polar surface area (TPSA) is 57.1 Å². The van der Waals surface area contributed by atoms with Crippen LogP contribution in [0.3, 0.4) is 0 Å². The van der Waals surface area contributed by atoms with Crippen LogP contribution in [0.5, 0.6) is 0 Å². The van der Waals surface area contributed by atoms with Crippen molar-refractivity contribution in [1.82, 2.24) is 10.2 Å². The minimum atomic E-state index is -1.00. The van der Waals surface area contributed by atoms with Crippen LogP contribution in [0.15, 0.2) is 48.5 Å². The SMILES string of the molecule is Cc1ccc(Cl)cc1N1CC[NH+](CN2C(=O)N[C@](C)(c3ccccc3)C2=O)CC1. The average molecular weight is 414 g/mol. The number of aryl methyl sites for hydroxylation is 1. The molecule has 2 heterocycles. The first kappa shape index (κ1) is 19.7. The molecule has 0 bridgehead atoms. The number of quaternary nitrogens is 1. The van der Waals surface area contributed by atoms with Gasteiger partial charge in [-0.1, -0.05) is 48.0 Å². The van der Waals surface area contributed by atoms with Crippen molar-refractivity contribution in [2.75, 3.05) is 37.7 Å². The van der Waals surface area contributed by atoms with Gasteiger partial charge in [0, 0.05) is 10.7 Å². The highest BCUT2D eigenvalue weighted by molar-refractivity contribution is 6.30. The highest BCUT2D eigenvalue weighted by Crippen LogP contribution is 2.28. The summed E-state index contributed by atoms with van der Waals surface area (Å²) in [4.78, 5) is 30.6. The van der Waals surface area contributed by atoms with Crippen molar-refractivity contribution in [3.05, 3.63) is 64.7 Å². The number of nitrogens with one attached hydrogen (secondary N) is 2. The molecule has 0 radical (unpaired) electrons. The lowest BCUT2D eigenvalue weighted by atomic mass is 9.92. The summed E-state index contributed by atoms with van der Waals surface area (Å²) >= 11 is 6.17. The number of carbonyl (C=O) groups is 2. The van der Waals surface area contributed by atoms with Gasteiger partial charge >= 0.3 is 6.03 Å². The Morgan fingerprint density at radius 1 is 1.10 bits per heavy atom. The van der Waals surface area contributed by atoms with Gasteiger partial charge < -0.3 is 15.1 Å². The predicted octanol–water partition coefficient (Wildman–Crippen LogP) is 1.78. The molecule has 2 N–H and O–H groups in total. The lowest BCUT2D eigenvalue weighted by Gasteiger charge is -2.35. The number of benzene rings is 2. The van der Waals surface area contributed by atoms with Crippen LogP contribution in [0.25, 0.3) is 0 Å². The molecule has 1 atom stereocenters. The number of piperazine rings is 1. The van der Waals surface area contributed by atoms with Crippen molar-refractivity contribution in [3.8, 4) is 0 Å². The van der Waals surface area contributed by atoms with Gasteiger partial charge in [0.05, 0.1) is 26.2 Å². The Labute approximate surface area is 176 Å². The maximum atomic E-state index is 13.1. The van der Waals surface area contributed by atoms with Crippen LogP contribution < -0.4 is 15.1 Å². The third-order valence-electron chi connectivity index (χ3n) is 5.99. The fourth-order valence-corrected chi connectivity index (χ4v) is 4.34. The largest absolute Gasteiger partial charge is 0.360 e. The van der Waals surface area contributed by atoms with Gasteiger partial charge in [-0.25, -0.2) is 9.69 Å². The Bertz CT molecular complexity index is 928. The van der Waals surface area contributed by atoms with Crippen molar-refractivity contribution in [1.29, 1.82) is 0 Å². The van der Waals surface area contributed by atoms with Crippen LogP contribution in [-0.4, -0.2) is 49.7 Å². The van der Waals surface area contributed by atoms with E-state index in [0.29, 0.717) is 6.67 Å². The van der Waals surface area contributed by atoms with E-state index in [9.17, 15) is 9.59 Å². The fourth-order valence-electron chi connectivity index (χ4n) is 4.18. The standard InChI is InChI=1S/C22H25ClN4O2/c1-16-8-9-18(23)14-19(16)26-12-10-25(11-13-26)15-27-20(28)22(2,24-21(27)29)17-6-4-3-5-7-17/h3-9,14H,10-13,15H2,1-2H3,(H,24,29)/p+1/t22-/m1/s1. The van der Waals surface area contributed by atoms with Crippen LogP contribution in [0.1, 0.15) is 18.1 Å². The predicted molar refractivity (Wildman–Crippen MR) is 113 cm³/mol. The summed E-state index contributed by atoms with van der Waals surface area (Å²) in [5.41, 5.74) is 2.16. The molecule has 29 heavy (non-hydrogen) atoms. The number of hydrogen-bond donors (Lipinski definition) is 2. The van der Waals surface area contributed by atoms with E-state index in [0.717, 1.165) is 42.5 Å². The summed E-state index contributed by atoms with van der Waals surface area (Å²) in [7, 11) is 0. The first-order chi connectivity index (χ1) is 13.9. The molecule has 152 valence electrons. The van der Waals surface area contributed by atoms with Crippen molar-refractivity contribution < 1.29 is 14.5 Å². The minimum absolute atomic E-state index is 0.186. The van der Waals surface area contributed by atoms with Crippen LogP contribution >= 0.6 is 11.6 Å². The lowest BCUT2D eigenvalue weighted by Crippen LogP contribution is -3.16. The zero-order valence-corrected chi connectivity index (χ0v) is 17.5. The molecular formula is C22H26ClN4O2+. The van der Waals surface area contributed by atoms with Crippen molar-refractivity contribution in [2.45, 2.75) is 19.4 Å². The Morgan fingerprint density at radius 3 is 2.48 bits per heavy atom. The maximum Gasteiger partial charge on any atom is 0.329 e. The zero-order chi connectivity index (χ0) is 20.6. The van der Waals surface area contributed by atoms with E-state index in [1.165, 1.54) is 15.4 Å². The average Bonchev–Trinajstić information content (AvgIpc) is 2.95. The van der Waals surface area contributed by atoms with Gasteiger partial charge in [-0.05, 0) is 37.1 Å². The number of urea groups is 1. The van der Waals surface area contributed by atoms with Crippen molar-refractivity contribution in [3.63, 3.8) is 0 Å². The third kappa shape index (κ3) is 3.70. The van der Waals surface area contributed by atoms with Gasteiger partial charge in [-0.3, -0.25) is 4.79 Å². The molecule has 7 heteroatoms. The van der Waals surface area contributed by atoms with E-state index >= 15 is 0 Å². The lowest BCUT2D eigenvalue weighted by molar-refractivity contribution is -0.907. The van der Waals surface area contributed by atoms with Gasteiger partial charge in [-0.2, -0.15) is 0 Å². The maximum absolute atomic E-state index is 13.1. The first-order valence-electron chi connectivity index (χ1n) is 9.93. The second-order valence-corrected chi connectivity index (χ2v) is 8.42. The number of anilines is 1. The Kier molecular flexibility index (Phi) is 5.23. The molecule has 2 saturated heterocycles. The molecule has 0 aliphatic carbocycles. The fraction of sp³-hybridized carbons (Fsp3) is 0.364. The van der Waals surface area contributed by atoms with Gasteiger partial charge in [0.1, 0.15) is 5.54 Å². The second-order valence-electron chi connectivity index (χ2n) is 7.98. The van der Waals surface area contributed by atoms with Crippen LogP contribution in [0.2, 0.25) is 5.02 Å². The molecule has 2 aromatic carbocycles. The van der Waals surface area contributed by atoms with Gasteiger partial charge in [0.2, 0.25) is 0 Å².